The van der Waals surface area contributed by atoms with Gasteiger partial charge in [-0.05, 0) is 67.2 Å². The Balaban J connectivity index is 1.15. The van der Waals surface area contributed by atoms with Crippen LogP contribution in [0.15, 0.2) is 36.5 Å². The van der Waals surface area contributed by atoms with Crippen LogP contribution in [-0.4, -0.2) is 64.3 Å². The number of ether oxygens (including phenoxy) is 1. The molecule has 0 amide bonds. The van der Waals surface area contributed by atoms with E-state index in [1.165, 1.54) is 17.5 Å². The Kier molecular flexibility index (Phi) is 6.58. The number of morpholine rings is 1. The van der Waals surface area contributed by atoms with Gasteiger partial charge in [-0.25, -0.2) is 4.98 Å². The molecule has 6 rings (SSSR count). The summed E-state index contributed by atoms with van der Waals surface area (Å²) in [6.45, 7) is 3.74. The van der Waals surface area contributed by atoms with E-state index in [-0.39, 0.29) is 17.9 Å². The van der Waals surface area contributed by atoms with Crippen molar-refractivity contribution < 1.29 is 14.6 Å². The summed E-state index contributed by atoms with van der Waals surface area (Å²) in [7, 11) is 0. The molecule has 36 heavy (non-hydrogen) atoms. The van der Waals surface area contributed by atoms with Crippen LogP contribution in [0.2, 0.25) is 5.02 Å². The van der Waals surface area contributed by atoms with Gasteiger partial charge in [0.1, 0.15) is 5.02 Å². The van der Waals surface area contributed by atoms with Gasteiger partial charge in [-0.2, -0.15) is 4.98 Å². The number of carboxylic acid groups (broad SMARTS) is 1. The Bertz CT molecular complexity index is 1170. The molecule has 8 nitrogen and oxygen atoms in total. The summed E-state index contributed by atoms with van der Waals surface area (Å²) in [6, 6.07) is 6.89. The number of carbonyl (C=O) groups is 1. The number of hydrogen-bond donors (Lipinski definition) is 3. The summed E-state index contributed by atoms with van der Waals surface area (Å²) in [5.41, 5.74) is 3.74. The molecule has 2 bridgehead atoms. The molecule has 0 spiro atoms. The number of hydrogen-bond acceptors (Lipinski definition) is 7. The number of aliphatic carboxylic acids is 1. The van der Waals surface area contributed by atoms with E-state index in [1.54, 1.807) is 6.20 Å². The molecule has 1 saturated carbocycles. The first kappa shape index (κ1) is 23.7. The van der Waals surface area contributed by atoms with E-state index in [9.17, 15) is 9.90 Å². The van der Waals surface area contributed by atoms with Gasteiger partial charge >= 0.3 is 5.97 Å². The molecule has 3 aliphatic carbocycles. The van der Waals surface area contributed by atoms with Crippen LogP contribution in [0, 0.1) is 17.8 Å². The molecule has 5 atom stereocenters. The van der Waals surface area contributed by atoms with Gasteiger partial charge in [-0.15, -0.1) is 0 Å². The molecule has 4 aliphatic rings. The number of rotatable bonds is 6. The minimum Gasteiger partial charge on any atom is -0.481 e. The molecule has 0 radical (unpaired) electrons. The highest BCUT2D eigenvalue weighted by Gasteiger charge is 2.48. The van der Waals surface area contributed by atoms with Crippen molar-refractivity contribution in [2.45, 2.75) is 44.2 Å². The first-order valence-electron chi connectivity index (χ1n) is 13.0. The summed E-state index contributed by atoms with van der Waals surface area (Å²) < 4.78 is 5.53. The maximum absolute atomic E-state index is 11.9. The predicted octanol–water partition coefficient (Wildman–Crippen LogP) is 4.14. The van der Waals surface area contributed by atoms with Gasteiger partial charge in [0.25, 0.3) is 0 Å². The van der Waals surface area contributed by atoms with Crippen molar-refractivity contribution in [3.63, 3.8) is 0 Å². The van der Waals surface area contributed by atoms with Crippen LogP contribution in [0.5, 0.6) is 0 Å². The van der Waals surface area contributed by atoms with Crippen LogP contribution in [0.1, 0.15) is 30.4 Å². The lowest BCUT2D eigenvalue weighted by Crippen LogP contribution is -2.43. The zero-order valence-corrected chi connectivity index (χ0v) is 21.0. The summed E-state index contributed by atoms with van der Waals surface area (Å²) in [5, 5.41) is 16.8. The van der Waals surface area contributed by atoms with E-state index in [0.29, 0.717) is 22.8 Å². The highest BCUT2D eigenvalue weighted by atomic mass is 35.5. The zero-order valence-electron chi connectivity index (χ0n) is 20.2. The van der Waals surface area contributed by atoms with Crippen LogP contribution in [0.3, 0.4) is 0 Å². The Labute approximate surface area is 216 Å². The van der Waals surface area contributed by atoms with Crippen molar-refractivity contribution in [1.82, 2.24) is 14.9 Å². The fraction of sp³-hybridized carbons (Fsp3) is 0.519. The van der Waals surface area contributed by atoms with Gasteiger partial charge in [0.2, 0.25) is 5.95 Å². The molecule has 5 unspecified atom stereocenters. The molecular weight excluding hydrogens is 478 g/mol. The average Bonchev–Trinajstić information content (AvgIpc) is 3.42. The monoisotopic (exact) mass is 509 g/mol. The molecule has 190 valence electrons. The third-order valence-electron chi connectivity index (χ3n) is 8.31. The summed E-state index contributed by atoms with van der Waals surface area (Å²) in [4.78, 5) is 23.4. The number of aromatic nitrogens is 2. The highest BCUT2D eigenvalue weighted by Crippen LogP contribution is 2.45. The second kappa shape index (κ2) is 10.00. The average molecular weight is 510 g/mol. The summed E-state index contributed by atoms with van der Waals surface area (Å²) >= 11 is 6.41. The highest BCUT2D eigenvalue weighted by molar-refractivity contribution is 6.32. The molecule has 1 aliphatic heterocycles. The molecule has 1 saturated heterocycles. The fourth-order valence-electron chi connectivity index (χ4n) is 6.45. The number of nitrogens with one attached hydrogen (secondary N) is 2. The Hall–Kier alpha value is -2.68. The van der Waals surface area contributed by atoms with Crippen molar-refractivity contribution >= 4 is 35.0 Å². The third-order valence-corrected chi connectivity index (χ3v) is 8.59. The normalized spacial score (nSPS) is 29.5. The van der Waals surface area contributed by atoms with Crippen LogP contribution in [0.4, 0.5) is 17.5 Å². The van der Waals surface area contributed by atoms with E-state index >= 15 is 0 Å². The molecular formula is C27H32ClN5O3. The van der Waals surface area contributed by atoms with Gasteiger partial charge in [-0.3, -0.25) is 9.69 Å². The summed E-state index contributed by atoms with van der Waals surface area (Å²) in [6.07, 6.45) is 11.0. The van der Waals surface area contributed by atoms with Crippen LogP contribution < -0.4 is 10.6 Å². The molecule has 2 heterocycles. The van der Waals surface area contributed by atoms with Gasteiger partial charge in [-0.1, -0.05) is 29.8 Å². The largest absolute Gasteiger partial charge is 0.481 e. The quantitative estimate of drug-likeness (QED) is 0.394. The molecule has 2 fully saturated rings. The maximum atomic E-state index is 11.9. The number of allylic oxidation sites excluding steroid dienone is 1. The second-order valence-electron chi connectivity index (χ2n) is 10.4. The molecule has 2 aromatic rings. The number of carboxylic acids is 1. The topological polar surface area (TPSA) is 99.6 Å². The van der Waals surface area contributed by atoms with Gasteiger partial charge in [0.05, 0.1) is 25.3 Å². The minimum atomic E-state index is -0.784. The van der Waals surface area contributed by atoms with Gasteiger partial charge in [0, 0.05) is 30.9 Å². The number of halogens is 1. The fourth-order valence-corrected chi connectivity index (χ4v) is 6.59. The lowest BCUT2D eigenvalue weighted by molar-refractivity contribution is -0.142. The third kappa shape index (κ3) is 4.69. The molecule has 1 aromatic heterocycles. The molecule has 3 N–H and O–H groups in total. The standard InChI is InChI=1S/C27H32ClN5O3/c28-22-15-29-27(32-25(22)31-24-19-2-1-18(13-19)23(24)26(34)35)30-20-6-3-16-4-7-21(8-5-17(16)14-20)33-9-11-36-12-10-33/h1-3,6,14-15,18-19,21,23-24H,4-5,7-13H2,(H,34,35)(H2,29,30,31,32). The second-order valence-corrected chi connectivity index (χ2v) is 10.8. The van der Waals surface area contributed by atoms with Crippen LogP contribution in [0.25, 0.3) is 0 Å². The van der Waals surface area contributed by atoms with E-state index in [1.807, 2.05) is 6.08 Å². The first-order valence-corrected chi connectivity index (χ1v) is 13.3. The Morgan fingerprint density at radius 1 is 1.11 bits per heavy atom. The van der Waals surface area contributed by atoms with Crippen molar-refractivity contribution in [2.75, 3.05) is 36.9 Å². The lowest BCUT2D eigenvalue weighted by Gasteiger charge is -2.33. The SMILES string of the molecule is O=C(O)C1C2C=CC(C2)C1Nc1nc(Nc2ccc3c(c2)CCC(N2CCOCC2)CC3)ncc1Cl. The van der Waals surface area contributed by atoms with Gasteiger partial charge < -0.3 is 20.5 Å². The van der Waals surface area contributed by atoms with E-state index in [2.05, 4.69) is 49.8 Å². The number of nitrogens with zero attached hydrogens (tertiary/aromatic N) is 3. The van der Waals surface area contributed by atoms with Gasteiger partial charge in [0.15, 0.2) is 5.82 Å². The predicted molar refractivity (Wildman–Crippen MR) is 139 cm³/mol. The Morgan fingerprint density at radius 2 is 1.89 bits per heavy atom. The van der Waals surface area contributed by atoms with E-state index in [4.69, 9.17) is 16.3 Å². The maximum Gasteiger partial charge on any atom is 0.309 e. The number of anilines is 3. The smallest absolute Gasteiger partial charge is 0.309 e. The van der Waals surface area contributed by atoms with Crippen LogP contribution >= 0.6 is 11.6 Å². The molecule has 9 heteroatoms. The van der Waals surface area contributed by atoms with Crippen molar-refractivity contribution in [2.24, 2.45) is 17.8 Å². The number of aryl methyl sites for hydroxylation is 2. The van der Waals surface area contributed by atoms with Crippen molar-refractivity contribution in [1.29, 1.82) is 0 Å². The first-order chi connectivity index (χ1) is 17.5. The molecule has 1 aromatic carbocycles. The minimum absolute atomic E-state index is 0.0608. The zero-order chi connectivity index (χ0) is 24.6. The number of benzene rings is 1. The van der Waals surface area contributed by atoms with Crippen LogP contribution in [-0.2, 0) is 22.4 Å². The van der Waals surface area contributed by atoms with E-state index in [0.717, 1.165) is 57.7 Å². The summed E-state index contributed by atoms with van der Waals surface area (Å²) in [5.74, 6) is -0.126. The van der Waals surface area contributed by atoms with Crippen molar-refractivity contribution in [3.8, 4) is 0 Å². The van der Waals surface area contributed by atoms with Crippen molar-refractivity contribution in [3.05, 3.63) is 52.7 Å². The van der Waals surface area contributed by atoms with E-state index < -0.39 is 11.9 Å². The Morgan fingerprint density at radius 3 is 2.69 bits per heavy atom. The lowest BCUT2D eigenvalue weighted by atomic mass is 9.89. The number of fused-ring (bicyclic) bond motifs is 3.